The van der Waals surface area contributed by atoms with Gasteiger partial charge in [0.25, 0.3) is 0 Å². The van der Waals surface area contributed by atoms with Crippen LogP contribution in [-0.2, 0) is 7.05 Å². The molecule has 0 radical (unpaired) electrons. The van der Waals surface area contributed by atoms with Crippen LogP contribution in [-0.4, -0.2) is 49.8 Å². The topological polar surface area (TPSA) is 58.9 Å². The van der Waals surface area contributed by atoms with Crippen molar-refractivity contribution in [3.05, 3.63) is 12.5 Å². The summed E-state index contributed by atoms with van der Waals surface area (Å²) in [7, 11) is 1.91. The zero-order chi connectivity index (χ0) is 12.8. The van der Waals surface area contributed by atoms with Crippen LogP contribution in [0.1, 0.15) is 19.3 Å². The van der Waals surface area contributed by atoms with E-state index >= 15 is 0 Å². The molecule has 1 aliphatic heterocycles. The molecule has 1 aliphatic carbocycles. The van der Waals surface area contributed by atoms with Gasteiger partial charge in [0.15, 0.2) is 5.65 Å². The summed E-state index contributed by atoms with van der Waals surface area (Å²) in [4.78, 5) is 11.2. The summed E-state index contributed by atoms with van der Waals surface area (Å²) < 4.78 is 1.79. The molecule has 1 saturated heterocycles. The minimum atomic E-state index is 0.499. The van der Waals surface area contributed by atoms with E-state index in [2.05, 4.69) is 25.3 Å². The molecule has 0 unspecified atom stereocenters. The molecule has 1 saturated carbocycles. The third-order valence-corrected chi connectivity index (χ3v) is 4.15. The monoisotopic (exact) mass is 258 g/mol. The van der Waals surface area contributed by atoms with Crippen LogP contribution in [0.3, 0.4) is 0 Å². The van der Waals surface area contributed by atoms with Crippen LogP contribution in [0.4, 0.5) is 5.82 Å². The molecule has 0 bridgehead atoms. The third-order valence-electron chi connectivity index (χ3n) is 4.15. The van der Waals surface area contributed by atoms with Crippen LogP contribution in [0.2, 0.25) is 0 Å². The predicted octanol–water partition coefficient (Wildman–Crippen LogP) is 1.01. The van der Waals surface area contributed by atoms with Gasteiger partial charge in [-0.2, -0.15) is 5.10 Å². The van der Waals surface area contributed by atoms with E-state index < -0.39 is 0 Å². The Balaban J connectivity index is 1.55. The fraction of sp³-hybridized carbons (Fsp3) is 0.615. The second kappa shape index (κ2) is 4.16. The van der Waals surface area contributed by atoms with Crippen molar-refractivity contribution < 1.29 is 0 Å². The summed E-state index contributed by atoms with van der Waals surface area (Å²) in [5.41, 5.74) is 0.884. The number of aryl methyl sites for hydroxylation is 1. The Hall–Kier alpha value is -1.69. The van der Waals surface area contributed by atoms with Crippen LogP contribution < -0.4 is 5.32 Å². The second-order valence-electron chi connectivity index (χ2n) is 5.58. The van der Waals surface area contributed by atoms with E-state index in [0.29, 0.717) is 6.04 Å². The average molecular weight is 258 g/mol. The van der Waals surface area contributed by atoms with Gasteiger partial charge in [0.1, 0.15) is 12.1 Å². The lowest BCUT2D eigenvalue weighted by Gasteiger charge is -2.16. The molecule has 4 rings (SSSR count). The van der Waals surface area contributed by atoms with Crippen LogP contribution in [0.5, 0.6) is 0 Å². The van der Waals surface area contributed by atoms with E-state index in [1.54, 1.807) is 11.0 Å². The molecule has 0 amide bonds. The van der Waals surface area contributed by atoms with E-state index in [9.17, 15) is 0 Å². The van der Waals surface area contributed by atoms with Gasteiger partial charge in [-0.25, -0.2) is 9.97 Å². The SMILES string of the molecule is Cn1ncc2c(N[C@H]3CCN(C4CC4)C3)ncnc21. The number of hydrogen-bond acceptors (Lipinski definition) is 5. The minimum absolute atomic E-state index is 0.499. The highest BCUT2D eigenvalue weighted by molar-refractivity contribution is 5.86. The first kappa shape index (κ1) is 11.2. The molecule has 0 spiro atoms. The van der Waals surface area contributed by atoms with Gasteiger partial charge in [-0.1, -0.05) is 0 Å². The molecule has 0 aromatic carbocycles. The normalized spacial score (nSPS) is 24.2. The quantitative estimate of drug-likeness (QED) is 0.890. The Kier molecular flexibility index (Phi) is 2.44. The molecule has 2 aliphatic rings. The van der Waals surface area contributed by atoms with E-state index in [1.807, 2.05) is 13.2 Å². The first-order valence-corrected chi connectivity index (χ1v) is 6.94. The Labute approximate surface area is 111 Å². The number of nitrogens with zero attached hydrogens (tertiary/aromatic N) is 5. The number of rotatable bonds is 3. The van der Waals surface area contributed by atoms with Crippen molar-refractivity contribution >= 4 is 16.9 Å². The zero-order valence-electron chi connectivity index (χ0n) is 11.1. The molecule has 1 N–H and O–H groups in total. The van der Waals surface area contributed by atoms with Crippen LogP contribution in [0.25, 0.3) is 11.0 Å². The van der Waals surface area contributed by atoms with Gasteiger partial charge in [-0.05, 0) is 19.3 Å². The zero-order valence-corrected chi connectivity index (χ0v) is 11.1. The Morgan fingerprint density at radius 3 is 3.00 bits per heavy atom. The lowest BCUT2D eigenvalue weighted by atomic mass is 10.2. The van der Waals surface area contributed by atoms with Crippen LogP contribution >= 0.6 is 0 Å². The molecular formula is C13H18N6. The van der Waals surface area contributed by atoms with Crippen LogP contribution in [0, 0.1) is 0 Å². The van der Waals surface area contributed by atoms with Crippen molar-refractivity contribution in [2.75, 3.05) is 18.4 Å². The summed E-state index contributed by atoms with van der Waals surface area (Å²) in [6.45, 7) is 2.35. The lowest BCUT2D eigenvalue weighted by Crippen LogP contribution is -2.28. The van der Waals surface area contributed by atoms with Crippen molar-refractivity contribution in [1.29, 1.82) is 0 Å². The summed E-state index contributed by atoms with van der Waals surface area (Å²) >= 11 is 0. The van der Waals surface area contributed by atoms with E-state index in [0.717, 1.165) is 29.4 Å². The Morgan fingerprint density at radius 1 is 1.26 bits per heavy atom. The minimum Gasteiger partial charge on any atom is -0.365 e. The van der Waals surface area contributed by atoms with E-state index in [4.69, 9.17) is 0 Å². The van der Waals surface area contributed by atoms with E-state index in [1.165, 1.54) is 25.8 Å². The standard InChI is InChI=1S/C13H18N6/c1-18-13-11(6-16-18)12(14-8-15-13)17-9-4-5-19(7-9)10-2-3-10/h6,8-10H,2-5,7H2,1H3,(H,14,15,17)/t9-/m0/s1. The number of hydrogen-bond donors (Lipinski definition) is 1. The number of anilines is 1. The molecule has 2 aromatic heterocycles. The largest absolute Gasteiger partial charge is 0.365 e. The third kappa shape index (κ3) is 1.96. The molecule has 100 valence electrons. The summed E-state index contributed by atoms with van der Waals surface area (Å²) in [6.07, 6.45) is 7.41. The van der Waals surface area contributed by atoms with Crippen molar-refractivity contribution in [2.45, 2.75) is 31.3 Å². The number of likely N-dealkylation sites (tertiary alicyclic amines) is 1. The first-order valence-electron chi connectivity index (χ1n) is 6.94. The molecule has 3 heterocycles. The molecule has 6 nitrogen and oxygen atoms in total. The second-order valence-corrected chi connectivity index (χ2v) is 5.58. The summed E-state index contributed by atoms with van der Waals surface area (Å²) in [6, 6.07) is 1.36. The maximum Gasteiger partial charge on any atom is 0.163 e. The van der Waals surface area contributed by atoms with Crippen molar-refractivity contribution in [3.8, 4) is 0 Å². The number of fused-ring (bicyclic) bond motifs is 1. The maximum absolute atomic E-state index is 4.38. The summed E-state index contributed by atoms with van der Waals surface area (Å²) in [5, 5.41) is 8.82. The molecule has 6 heteroatoms. The highest BCUT2D eigenvalue weighted by Crippen LogP contribution is 2.31. The smallest absolute Gasteiger partial charge is 0.163 e. The van der Waals surface area contributed by atoms with Gasteiger partial charge < -0.3 is 5.32 Å². The number of aromatic nitrogens is 4. The van der Waals surface area contributed by atoms with Crippen molar-refractivity contribution in [2.24, 2.45) is 7.05 Å². The molecule has 2 aromatic rings. The predicted molar refractivity (Wildman–Crippen MR) is 72.9 cm³/mol. The van der Waals surface area contributed by atoms with Gasteiger partial charge in [0.2, 0.25) is 0 Å². The van der Waals surface area contributed by atoms with Crippen molar-refractivity contribution in [3.63, 3.8) is 0 Å². The highest BCUT2D eigenvalue weighted by atomic mass is 15.3. The van der Waals surface area contributed by atoms with Gasteiger partial charge >= 0.3 is 0 Å². The van der Waals surface area contributed by atoms with Crippen molar-refractivity contribution in [1.82, 2.24) is 24.6 Å². The first-order chi connectivity index (χ1) is 9.31. The van der Waals surface area contributed by atoms with Crippen LogP contribution in [0.15, 0.2) is 12.5 Å². The van der Waals surface area contributed by atoms with Gasteiger partial charge in [0.05, 0.1) is 11.6 Å². The fourth-order valence-electron chi connectivity index (χ4n) is 2.95. The Morgan fingerprint density at radius 2 is 2.16 bits per heavy atom. The average Bonchev–Trinajstić information content (AvgIpc) is 3.06. The molecule has 2 fully saturated rings. The van der Waals surface area contributed by atoms with E-state index in [-0.39, 0.29) is 0 Å². The lowest BCUT2D eigenvalue weighted by molar-refractivity contribution is 0.326. The van der Waals surface area contributed by atoms with Gasteiger partial charge in [0, 0.05) is 32.2 Å². The van der Waals surface area contributed by atoms with Gasteiger partial charge in [-0.3, -0.25) is 9.58 Å². The Bertz CT molecular complexity index is 602. The molecule has 19 heavy (non-hydrogen) atoms. The van der Waals surface area contributed by atoms with Gasteiger partial charge in [-0.15, -0.1) is 0 Å². The maximum atomic E-state index is 4.38. The summed E-state index contributed by atoms with van der Waals surface area (Å²) in [5.74, 6) is 0.917. The molecule has 1 atom stereocenters. The fourth-order valence-corrected chi connectivity index (χ4v) is 2.95. The molecular weight excluding hydrogens is 240 g/mol. The number of nitrogens with one attached hydrogen (secondary N) is 1. The highest BCUT2D eigenvalue weighted by Gasteiger charge is 2.34.